The van der Waals surface area contributed by atoms with E-state index < -0.39 is 6.10 Å². The molecule has 104 valence electrons. The van der Waals surface area contributed by atoms with Gasteiger partial charge in [-0.2, -0.15) is 0 Å². The summed E-state index contributed by atoms with van der Waals surface area (Å²) in [5, 5.41) is 13.9. The Morgan fingerprint density at radius 3 is 3.05 bits per heavy atom. The monoisotopic (exact) mass is 286 g/mol. The smallest absolute Gasteiger partial charge is 0.0996 e. The number of benzene rings is 1. The molecule has 0 saturated carbocycles. The summed E-state index contributed by atoms with van der Waals surface area (Å²) < 4.78 is 3.32. The Bertz CT molecular complexity index is 701. The largest absolute Gasteiger partial charge is 0.386 e. The summed E-state index contributed by atoms with van der Waals surface area (Å²) in [6.07, 6.45) is 4.75. The standard InChI is InChI=1S/C16H18N2OS/c1-2-7-18-11-17-9-14(18)15(19)8-12-10-20-16-6-4-3-5-13(12)16/h3-6,9-11,15,19H,2,7-8H2,1H3. The highest BCUT2D eigenvalue weighted by Crippen LogP contribution is 2.29. The van der Waals surface area contributed by atoms with Gasteiger partial charge >= 0.3 is 0 Å². The molecule has 0 aliphatic rings. The summed E-state index contributed by atoms with van der Waals surface area (Å²) in [4.78, 5) is 4.16. The molecule has 0 spiro atoms. The van der Waals surface area contributed by atoms with Gasteiger partial charge in [-0.15, -0.1) is 11.3 Å². The minimum Gasteiger partial charge on any atom is -0.386 e. The van der Waals surface area contributed by atoms with Crippen LogP contribution in [0.3, 0.4) is 0 Å². The molecule has 1 atom stereocenters. The third-order valence-corrected chi connectivity index (χ3v) is 4.54. The minimum atomic E-state index is -0.498. The Morgan fingerprint density at radius 1 is 1.35 bits per heavy atom. The van der Waals surface area contributed by atoms with E-state index in [0.717, 1.165) is 18.7 Å². The van der Waals surface area contributed by atoms with E-state index >= 15 is 0 Å². The van der Waals surface area contributed by atoms with E-state index in [1.807, 2.05) is 10.6 Å². The molecule has 0 saturated heterocycles. The van der Waals surface area contributed by atoms with E-state index in [2.05, 4.69) is 35.5 Å². The Labute approximate surface area is 122 Å². The zero-order valence-corrected chi connectivity index (χ0v) is 12.3. The highest BCUT2D eigenvalue weighted by Gasteiger charge is 2.15. The van der Waals surface area contributed by atoms with Crippen molar-refractivity contribution in [1.29, 1.82) is 0 Å². The summed E-state index contributed by atoms with van der Waals surface area (Å²) >= 11 is 1.73. The predicted molar refractivity (Wildman–Crippen MR) is 83.0 cm³/mol. The summed E-state index contributed by atoms with van der Waals surface area (Å²) in [7, 11) is 0. The van der Waals surface area contributed by atoms with Crippen molar-refractivity contribution in [3.63, 3.8) is 0 Å². The quantitative estimate of drug-likeness (QED) is 0.775. The molecule has 0 aliphatic heterocycles. The first-order valence-electron chi connectivity index (χ1n) is 6.92. The van der Waals surface area contributed by atoms with Crippen LogP contribution in [0, 0.1) is 0 Å². The fourth-order valence-electron chi connectivity index (χ4n) is 2.54. The summed E-state index contributed by atoms with van der Waals surface area (Å²) in [6, 6.07) is 8.34. The van der Waals surface area contributed by atoms with Crippen LogP contribution in [0.4, 0.5) is 0 Å². The van der Waals surface area contributed by atoms with E-state index in [9.17, 15) is 5.11 Å². The Hall–Kier alpha value is -1.65. The molecule has 1 unspecified atom stereocenters. The maximum atomic E-state index is 10.5. The maximum absolute atomic E-state index is 10.5. The van der Waals surface area contributed by atoms with Gasteiger partial charge in [-0.05, 0) is 28.8 Å². The van der Waals surface area contributed by atoms with Crippen LogP contribution >= 0.6 is 11.3 Å². The lowest BCUT2D eigenvalue weighted by molar-refractivity contribution is 0.169. The second-order valence-corrected chi connectivity index (χ2v) is 5.90. The van der Waals surface area contributed by atoms with Gasteiger partial charge in [0, 0.05) is 17.7 Å². The third-order valence-electron chi connectivity index (χ3n) is 3.52. The van der Waals surface area contributed by atoms with Crippen LogP contribution in [0.5, 0.6) is 0 Å². The third kappa shape index (κ3) is 2.49. The van der Waals surface area contributed by atoms with Crippen LogP contribution in [-0.4, -0.2) is 14.7 Å². The van der Waals surface area contributed by atoms with Crippen LogP contribution in [0.15, 0.2) is 42.2 Å². The molecule has 3 aromatic rings. The average molecular weight is 286 g/mol. The molecule has 20 heavy (non-hydrogen) atoms. The zero-order chi connectivity index (χ0) is 13.9. The highest BCUT2D eigenvalue weighted by atomic mass is 32.1. The zero-order valence-electron chi connectivity index (χ0n) is 11.5. The number of rotatable bonds is 5. The van der Waals surface area contributed by atoms with Crippen molar-refractivity contribution in [1.82, 2.24) is 9.55 Å². The Morgan fingerprint density at radius 2 is 2.20 bits per heavy atom. The molecule has 3 nitrogen and oxygen atoms in total. The molecule has 1 N–H and O–H groups in total. The Kier molecular flexibility index (Phi) is 3.85. The lowest BCUT2D eigenvalue weighted by Crippen LogP contribution is -2.09. The second kappa shape index (κ2) is 5.77. The number of thiophene rings is 1. The van der Waals surface area contributed by atoms with E-state index in [1.54, 1.807) is 23.9 Å². The topological polar surface area (TPSA) is 38.0 Å². The van der Waals surface area contributed by atoms with Crippen molar-refractivity contribution in [2.45, 2.75) is 32.4 Å². The first-order valence-corrected chi connectivity index (χ1v) is 7.80. The fourth-order valence-corrected chi connectivity index (χ4v) is 3.52. The number of hydrogen-bond acceptors (Lipinski definition) is 3. The van der Waals surface area contributed by atoms with E-state index in [-0.39, 0.29) is 0 Å². The minimum absolute atomic E-state index is 0.498. The summed E-state index contributed by atoms with van der Waals surface area (Å²) in [5.41, 5.74) is 2.12. The second-order valence-electron chi connectivity index (χ2n) is 4.99. The number of aliphatic hydroxyl groups excluding tert-OH is 1. The molecule has 0 bridgehead atoms. The number of aliphatic hydroxyl groups is 1. The number of aromatic nitrogens is 2. The number of aryl methyl sites for hydroxylation is 1. The summed E-state index contributed by atoms with van der Waals surface area (Å²) in [5.74, 6) is 0. The van der Waals surface area contributed by atoms with Gasteiger partial charge in [0.25, 0.3) is 0 Å². The lowest BCUT2D eigenvalue weighted by Gasteiger charge is -2.13. The molecule has 0 radical (unpaired) electrons. The van der Waals surface area contributed by atoms with Gasteiger partial charge < -0.3 is 9.67 Å². The van der Waals surface area contributed by atoms with Crippen LogP contribution in [0.25, 0.3) is 10.1 Å². The molecule has 0 aliphatic carbocycles. The molecule has 0 fully saturated rings. The number of nitrogens with zero attached hydrogens (tertiary/aromatic N) is 2. The van der Waals surface area contributed by atoms with Crippen LogP contribution in [0.2, 0.25) is 0 Å². The van der Waals surface area contributed by atoms with Gasteiger partial charge in [0.2, 0.25) is 0 Å². The van der Waals surface area contributed by atoms with Crippen molar-refractivity contribution in [3.05, 3.63) is 53.4 Å². The lowest BCUT2D eigenvalue weighted by atomic mass is 10.1. The van der Waals surface area contributed by atoms with Crippen LogP contribution in [0.1, 0.15) is 30.7 Å². The summed E-state index contributed by atoms with van der Waals surface area (Å²) in [6.45, 7) is 3.03. The van der Waals surface area contributed by atoms with Gasteiger partial charge in [0.1, 0.15) is 0 Å². The normalized spacial score (nSPS) is 12.9. The fraction of sp³-hybridized carbons (Fsp3) is 0.312. The number of fused-ring (bicyclic) bond motifs is 1. The van der Waals surface area contributed by atoms with Gasteiger partial charge in [-0.25, -0.2) is 4.98 Å². The highest BCUT2D eigenvalue weighted by molar-refractivity contribution is 7.17. The average Bonchev–Trinajstić information content (AvgIpc) is 3.07. The molecule has 0 amide bonds. The van der Waals surface area contributed by atoms with Gasteiger partial charge in [-0.3, -0.25) is 0 Å². The first kappa shape index (κ1) is 13.3. The van der Waals surface area contributed by atoms with Crippen LogP contribution in [-0.2, 0) is 13.0 Å². The molecule has 2 aromatic heterocycles. The number of hydrogen-bond donors (Lipinski definition) is 1. The maximum Gasteiger partial charge on any atom is 0.0996 e. The first-order chi connectivity index (χ1) is 9.79. The molecule has 1 aromatic carbocycles. The van der Waals surface area contributed by atoms with Crippen molar-refractivity contribution >= 4 is 21.4 Å². The van der Waals surface area contributed by atoms with Crippen LogP contribution < -0.4 is 0 Å². The van der Waals surface area contributed by atoms with Gasteiger partial charge in [-0.1, -0.05) is 25.1 Å². The van der Waals surface area contributed by atoms with Crippen molar-refractivity contribution in [2.24, 2.45) is 0 Å². The number of imidazole rings is 1. The van der Waals surface area contributed by atoms with Crippen molar-refractivity contribution in [2.75, 3.05) is 0 Å². The van der Waals surface area contributed by atoms with E-state index in [0.29, 0.717) is 6.42 Å². The predicted octanol–water partition coefficient (Wildman–Crippen LogP) is 3.78. The van der Waals surface area contributed by atoms with Crippen molar-refractivity contribution < 1.29 is 5.11 Å². The molecular formula is C16H18N2OS. The van der Waals surface area contributed by atoms with Crippen molar-refractivity contribution in [3.8, 4) is 0 Å². The molecule has 2 heterocycles. The SMILES string of the molecule is CCCn1cncc1C(O)Cc1csc2ccccc12. The van der Waals surface area contributed by atoms with Gasteiger partial charge in [0.05, 0.1) is 24.3 Å². The molecule has 4 heteroatoms. The van der Waals surface area contributed by atoms with Gasteiger partial charge in [0.15, 0.2) is 0 Å². The van der Waals surface area contributed by atoms with E-state index in [4.69, 9.17) is 0 Å². The van der Waals surface area contributed by atoms with E-state index in [1.165, 1.54) is 15.6 Å². The molecule has 3 rings (SSSR count). The Balaban J connectivity index is 1.85. The molecular weight excluding hydrogens is 268 g/mol.